The molecule has 0 spiro atoms. The van der Waals surface area contributed by atoms with Crippen molar-refractivity contribution in [3.05, 3.63) is 24.4 Å². The number of aliphatic hydroxyl groups is 1. The summed E-state index contributed by atoms with van der Waals surface area (Å²) >= 11 is 1.42. The van der Waals surface area contributed by atoms with Crippen molar-refractivity contribution in [1.29, 1.82) is 0 Å². The number of hydrogen-bond donors (Lipinski definition) is 2. The van der Waals surface area contributed by atoms with E-state index < -0.39 is 5.72 Å². The van der Waals surface area contributed by atoms with Crippen LogP contribution in [0, 0.1) is 0 Å². The average molecular weight is 296 g/mol. The van der Waals surface area contributed by atoms with Crippen LogP contribution in [-0.2, 0) is 4.74 Å². The second-order valence-electron chi connectivity index (χ2n) is 4.83. The van der Waals surface area contributed by atoms with E-state index in [1.54, 1.807) is 20.2 Å². The quantitative estimate of drug-likeness (QED) is 0.768. The molecular formula is C14H20N2O3S. The molecule has 0 aliphatic heterocycles. The Hall–Kier alpha value is -1.21. The van der Waals surface area contributed by atoms with E-state index in [1.165, 1.54) is 11.5 Å². The third-order valence-electron chi connectivity index (χ3n) is 2.99. The molecule has 2 N–H and O–H groups in total. The van der Waals surface area contributed by atoms with Crippen LogP contribution in [0.25, 0.3) is 10.1 Å². The van der Waals surface area contributed by atoms with Crippen LogP contribution in [0.4, 0.5) is 0 Å². The predicted octanol–water partition coefficient (Wildman–Crippen LogP) is 2.36. The van der Waals surface area contributed by atoms with Gasteiger partial charge in [0, 0.05) is 7.11 Å². The number of ether oxygens (including phenoxy) is 2. The van der Waals surface area contributed by atoms with E-state index in [4.69, 9.17) is 9.47 Å². The number of benzene rings is 1. The molecule has 0 saturated carbocycles. The van der Waals surface area contributed by atoms with Gasteiger partial charge in [-0.3, -0.25) is 5.32 Å². The monoisotopic (exact) mass is 296 g/mol. The van der Waals surface area contributed by atoms with Crippen LogP contribution in [0.5, 0.6) is 5.75 Å². The van der Waals surface area contributed by atoms with Crippen molar-refractivity contribution in [3.8, 4) is 5.75 Å². The molecule has 0 aliphatic rings. The molecule has 1 aromatic carbocycles. The number of hydrogen-bond acceptors (Lipinski definition) is 6. The fourth-order valence-corrected chi connectivity index (χ4v) is 2.59. The normalized spacial score (nSPS) is 16.0. The largest absolute Gasteiger partial charge is 0.488 e. The molecule has 6 heteroatoms. The van der Waals surface area contributed by atoms with E-state index >= 15 is 0 Å². The second kappa shape index (κ2) is 6.49. The summed E-state index contributed by atoms with van der Waals surface area (Å²) in [4.78, 5) is 0. The Morgan fingerprint density at radius 3 is 3.00 bits per heavy atom. The predicted molar refractivity (Wildman–Crippen MR) is 80.0 cm³/mol. The highest BCUT2D eigenvalue weighted by molar-refractivity contribution is 7.13. The molecule has 0 saturated heterocycles. The summed E-state index contributed by atoms with van der Waals surface area (Å²) in [5.41, 5.74) is -1.16. The van der Waals surface area contributed by atoms with E-state index in [2.05, 4.69) is 9.69 Å². The first-order valence-corrected chi connectivity index (χ1v) is 7.32. The van der Waals surface area contributed by atoms with Crippen LogP contribution >= 0.6 is 11.5 Å². The lowest BCUT2D eigenvalue weighted by Gasteiger charge is -2.29. The topological polar surface area (TPSA) is 63.6 Å². The Morgan fingerprint density at radius 1 is 1.50 bits per heavy atom. The van der Waals surface area contributed by atoms with Gasteiger partial charge in [-0.2, -0.15) is 4.37 Å². The second-order valence-corrected chi connectivity index (χ2v) is 5.67. The molecule has 2 unspecified atom stereocenters. The first-order chi connectivity index (χ1) is 9.55. The van der Waals surface area contributed by atoms with Gasteiger partial charge in [-0.05, 0) is 37.0 Å². The van der Waals surface area contributed by atoms with E-state index in [0.29, 0.717) is 0 Å². The Labute approximate surface area is 122 Å². The van der Waals surface area contributed by atoms with Gasteiger partial charge in [0.05, 0.1) is 16.3 Å². The van der Waals surface area contributed by atoms with Crippen molar-refractivity contribution in [2.24, 2.45) is 0 Å². The zero-order chi connectivity index (χ0) is 14.6. The fourth-order valence-electron chi connectivity index (χ4n) is 1.93. The molecule has 2 aromatic rings. The van der Waals surface area contributed by atoms with Gasteiger partial charge in [0.15, 0.2) is 0 Å². The van der Waals surface area contributed by atoms with Crippen LogP contribution < -0.4 is 10.1 Å². The summed E-state index contributed by atoms with van der Waals surface area (Å²) in [5.74, 6) is 0.726. The zero-order valence-corrected chi connectivity index (χ0v) is 12.7. The summed E-state index contributed by atoms with van der Waals surface area (Å²) in [5, 5.41) is 14.3. The van der Waals surface area contributed by atoms with Gasteiger partial charge >= 0.3 is 0 Å². The Balaban J connectivity index is 2.02. The van der Waals surface area contributed by atoms with Gasteiger partial charge in [0.2, 0.25) is 0 Å². The number of nitrogens with one attached hydrogen (secondary N) is 1. The minimum atomic E-state index is -1.16. The van der Waals surface area contributed by atoms with Gasteiger partial charge < -0.3 is 14.6 Å². The number of methoxy groups -OCH3 is 1. The van der Waals surface area contributed by atoms with Crippen molar-refractivity contribution in [3.63, 3.8) is 0 Å². The van der Waals surface area contributed by atoms with Crippen LogP contribution in [-0.4, -0.2) is 35.1 Å². The Bertz CT molecular complexity index is 552. The average Bonchev–Trinajstić information content (AvgIpc) is 2.91. The van der Waals surface area contributed by atoms with Gasteiger partial charge in [0.25, 0.3) is 0 Å². The van der Waals surface area contributed by atoms with Gasteiger partial charge in [-0.1, -0.05) is 13.0 Å². The molecular weight excluding hydrogens is 276 g/mol. The van der Waals surface area contributed by atoms with E-state index in [9.17, 15) is 5.11 Å². The lowest BCUT2D eigenvalue weighted by Crippen LogP contribution is -2.52. The zero-order valence-electron chi connectivity index (χ0n) is 11.9. The molecule has 0 amide bonds. The number of fused-ring (bicyclic) bond motifs is 1. The molecule has 1 heterocycles. The number of aromatic nitrogens is 1. The molecule has 0 aliphatic carbocycles. The molecule has 20 heavy (non-hydrogen) atoms. The van der Waals surface area contributed by atoms with Gasteiger partial charge in [0.1, 0.15) is 24.3 Å². The van der Waals surface area contributed by atoms with E-state index in [1.807, 2.05) is 25.1 Å². The minimum absolute atomic E-state index is 0.127. The van der Waals surface area contributed by atoms with Gasteiger partial charge in [-0.25, -0.2) is 0 Å². The summed E-state index contributed by atoms with van der Waals surface area (Å²) in [6, 6.07) is 5.79. The molecule has 110 valence electrons. The van der Waals surface area contributed by atoms with Gasteiger partial charge in [-0.15, -0.1) is 0 Å². The van der Waals surface area contributed by atoms with Crippen molar-refractivity contribution < 1.29 is 14.6 Å². The highest BCUT2D eigenvalue weighted by Crippen LogP contribution is 2.28. The number of rotatable bonds is 7. The molecule has 2 rings (SSSR count). The van der Waals surface area contributed by atoms with Crippen molar-refractivity contribution in [1.82, 2.24) is 9.69 Å². The van der Waals surface area contributed by atoms with Crippen LogP contribution in [0.2, 0.25) is 0 Å². The summed E-state index contributed by atoms with van der Waals surface area (Å²) in [7, 11) is 1.61. The number of nitrogens with zero attached hydrogens (tertiary/aromatic N) is 1. The van der Waals surface area contributed by atoms with Crippen LogP contribution in [0.1, 0.15) is 20.3 Å². The first-order valence-electron chi connectivity index (χ1n) is 6.55. The highest BCUT2D eigenvalue weighted by Gasteiger charge is 2.24. The summed E-state index contributed by atoms with van der Waals surface area (Å²) in [6.45, 7) is 3.78. The Morgan fingerprint density at radius 2 is 2.30 bits per heavy atom. The molecule has 0 bridgehead atoms. The fraction of sp³-hybridized carbons (Fsp3) is 0.500. The van der Waals surface area contributed by atoms with Crippen LogP contribution in [0.15, 0.2) is 24.4 Å². The molecule has 1 aromatic heterocycles. The minimum Gasteiger partial charge on any atom is -0.488 e. The maximum atomic E-state index is 10.3. The SMILES string of the molecule is CCC(NC(C)(O)COc1cccc2sncc12)OC. The highest BCUT2D eigenvalue weighted by atomic mass is 32.1. The van der Waals surface area contributed by atoms with E-state index in [0.717, 1.165) is 22.3 Å². The van der Waals surface area contributed by atoms with Crippen molar-refractivity contribution >= 4 is 21.6 Å². The standard InChI is InChI=1S/C14H20N2O3S/c1-4-13(18-3)16-14(2,17)9-19-11-6-5-7-12-10(11)8-15-20-12/h5-8,13,16-17H,4,9H2,1-3H3. The molecule has 0 radical (unpaired) electrons. The maximum absolute atomic E-state index is 10.3. The lowest BCUT2D eigenvalue weighted by atomic mass is 10.2. The summed E-state index contributed by atoms with van der Waals surface area (Å²) in [6.07, 6.45) is 2.34. The molecule has 0 fully saturated rings. The van der Waals surface area contributed by atoms with Crippen LogP contribution in [0.3, 0.4) is 0 Å². The third kappa shape index (κ3) is 3.67. The maximum Gasteiger partial charge on any atom is 0.149 e. The smallest absolute Gasteiger partial charge is 0.149 e. The Kier molecular flexibility index (Phi) is 4.93. The first kappa shape index (κ1) is 15.2. The van der Waals surface area contributed by atoms with Crippen molar-refractivity contribution in [2.45, 2.75) is 32.2 Å². The third-order valence-corrected chi connectivity index (χ3v) is 3.76. The lowest BCUT2D eigenvalue weighted by molar-refractivity contribution is -0.0720. The summed E-state index contributed by atoms with van der Waals surface area (Å²) < 4.78 is 16.2. The van der Waals surface area contributed by atoms with E-state index in [-0.39, 0.29) is 12.8 Å². The van der Waals surface area contributed by atoms with Crippen molar-refractivity contribution in [2.75, 3.05) is 13.7 Å². The molecule has 2 atom stereocenters. The molecule has 5 nitrogen and oxygen atoms in total.